The number of carbonyl (C=O) groups excluding carboxylic acids is 1. The number of aryl methyl sites for hydroxylation is 2. The number of likely N-dealkylation sites (N-methyl/N-ethyl adjacent to an activating group) is 1. The maximum Gasteiger partial charge on any atom is 0.242 e. The Bertz CT molecular complexity index is 849. The van der Waals surface area contributed by atoms with Gasteiger partial charge in [0.05, 0.1) is 11.0 Å². The summed E-state index contributed by atoms with van der Waals surface area (Å²) in [6, 6.07) is 16.3. The summed E-state index contributed by atoms with van der Waals surface area (Å²) < 4.78 is 2.03. The number of hydrogen-bond donors (Lipinski definition) is 0. The third-order valence-electron chi connectivity index (χ3n) is 4.31. The van der Waals surface area contributed by atoms with E-state index in [9.17, 15) is 4.79 Å². The van der Waals surface area contributed by atoms with Gasteiger partial charge in [-0.2, -0.15) is 0 Å². The molecule has 1 amide bonds. The zero-order valence-corrected chi connectivity index (χ0v) is 14.5. The van der Waals surface area contributed by atoms with Crippen LogP contribution in [0.3, 0.4) is 0 Å². The number of fused-ring (bicyclic) bond motifs is 1. The summed E-state index contributed by atoms with van der Waals surface area (Å²) in [7, 11) is 1.85. The van der Waals surface area contributed by atoms with Gasteiger partial charge in [-0.25, -0.2) is 4.98 Å². The Morgan fingerprint density at radius 1 is 1.12 bits per heavy atom. The fourth-order valence-electron chi connectivity index (χ4n) is 2.88. The van der Waals surface area contributed by atoms with E-state index in [1.165, 1.54) is 5.56 Å². The van der Waals surface area contributed by atoms with Crippen LogP contribution in [0.25, 0.3) is 11.0 Å². The quantitative estimate of drug-likeness (QED) is 0.720. The van der Waals surface area contributed by atoms with Crippen LogP contribution >= 0.6 is 0 Å². The zero-order chi connectivity index (χ0) is 17.1. The molecule has 0 spiro atoms. The highest BCUT2D eigenvalue weighted by Gasteiger charge is 2.15. The van der Waals surface area contributed by atoms with Crippen LogP contribution in [-0.2, 0) is 24.3 Å². The smallest absolute Gasteiger partial charge is 0.242 e. The highest BCUT2D eigenvalue weighted by molar-refractivity contribution is 5.81. The third kappa shape index (κ3) is 3.32. The number of carbonyl (C=O) groups is 1. The van der Waals surface area contributed by atoms with Gasteiger partial charge in [0.1, 0.15) is 12.4 Å². The van der Waals surface area contributed by atoms with Gasteiger partial charge in [-0.05, 0) is 24.6 Å². The summed E-state index contributed by atoms with van der Waals surface area (Å²) in [6.07, 6.45) is 0.809. The number of aromatic nitrogens is 2. The van der Waals surface area contributed by atoms with Gasteiger partial charge in [0.25, 0.3) is 0 Å². The lowest BCUT2D eigenvalue weighted by Gasteiger charge is -2.19. The van der Waals surface area contributed by atoms with E-state index in [-0.39, 0.29) is 5.91 Å². The molecule has 24 heavy (non-hydrogen) atoms. The Morgan fingerprint density at radius 3 is 2.54 bits per heavy atom. The average Bonchev–Trinajstić information content (AvgIpc) is 2.94. The van der Waals surface area contributed by atoms with E-state index in [4.69, 9.17) is 0 Å². The van der Waals surface area contributed by atoms with Crippen molar-refractivity contribution >= 4 is 16.9 Å². The molecule has 0 saturated carbocycles. The average molecular weight is 321 g/mol. The van der Waals surface area contributed by atoms with Crippen molar-refractivity contribution in [1.29, 1.82) is 0 Å². The van der Waals surface area contributed by atoms with Crippen molar-refractivity contribution in [3.8, 4) is 0 Å². The Balaban J connectivity index is 1.77. The second-order valence-electron chi connectivity index (χ2n) is 6.19. The van der Waals surface area contributed by atoms with Crippen molar-refractivity contribution < 1.29 is 4.79 Å². The van der Waals surface area contributed by atoms with Gasteiger partial charge < -0.3 is 9.47 Å². The molecule has 0 N–H and O–H groups in total. The molecule has 0 unspecified atom stereocenters. The largest absolute Gasteiger partial charge is 0.340 e. The molecule has 2 aromatic carbocycles. The van der Waals surface area contributed by atoms with Crippen LogP contribution < -0.4 is 0 Å². The molecule has 0 aliphatic rings. The van der Waals surface area contributed by atoms with Crippen molar-refractivity contribution in [1.82, 2.24) is 14.5 Å². The van der Waals surface area contributed by atoms with Gasteiger partial charge in [-0.15, -0.1) is 0 Å². The summed E-state index contributed by atoms with van der Waals surface area (Å²) in [6.45, 7) is 5.08. The minimum atomic E-state index is 0.0911. The Morgan fingerprint density at radius 2 is 1.83 bits per heavy atom. The fourth-order valence-corrected chi connectivity index (χ4v) is 2.88. The fraction of sp³-hybridized carbons (Fsp3) is 0.300. The van der Waals surface area contributed by atoms with Crippen LogP contribution in [0.5, 0.6) is 0 Å². The highest BCUT2D eigenvalue weighted by Crippen LogP contribution is 2.17. The first kappa shape index (κ1) is 16.2. The normalized spacial score (nSPS) is 11.0. The van der Waals surface area contributed by atoms with Gasteiger partial charge in [-0.3, -0.25) is 4.79 Å². The molecular formula is C20H23N3O. The summed E-state index contributed by atoms with van der Waals surface area (Å²) in [5.74, 6) is 1.04. The van der Waals surface area contributed by atoms with Gasteiger partial charge in [0.2, 0.25) is 5.91 Å². The lowest BCUT2D eigenvalue weighted by atomic mass is 10.1. The molecule has 4 nitrogen and oxygen atoms in total. The number of hydrogen-bond acceptors (Lipinski definition) is 2. The molecule has 1 aromatic heterocycles. The first-order chi connectivity index (χ1) is 11.6. The molecule has 0 fully saturated rings. The van der Waals surface area contributed by atoms with Crippen molar-refractivity contribution in [3.63, 3.8) is 0 Å². The number of para-hydroxylation sites is 2. The molecule has 4 heteroatoms. The van der Waals surface area contributed by atoms with E-state index in [1.807, 2.05) is 35.9 Å². The molecule has 124 valence electrons. The molecule has 0 bridgehead atoms. The Kier molecular flexibility index (Phi) is 4.65. The predicted molar refractivity (Wildman–Crippen MR) is 96.8 cm³/mol. The molecule has 3 aromatic rings. The van der Waals surface area contributed by atoms with Crippen LogP contribution in [0.1, 0.15) is 23.9 Å². The molecule has 0 atom stereocenters. The molecular weight excluding hydrogens is 298 g/mol. The highest BCUT2D eigenvalue weighted by atomic mass is 16.2. The zero-order valence-electron chi connectivity index (χ0n) is 14.5. The van der Waals surface area contributed by atoms with Crippen molar-refractivity contribution in [3.05, 3.63) is 65.5 Å². The lowest BCUT2D eigenvalue weighted by Crippen LogP contribution is -2.30. The molecule has 1 heterocycles. The summed E-state index contributed by atoms with van der Waals surface area (Å²) in [5, 5.41) is 0. The topological polar surface area (TPSA) is 38.1 Å². The molecule has 0 aliphatic carbocycles. The lowest BCUT2D eigenvalue weighted by molar-refractivity contribution is -0.131. The van der Waals surface area contributed by atoms with Gasteiger partial charge in [-0.1, -0.05) is 48.9 Å². The number of amides is 1. The Hall–Kier alpha value is -2.62. The number of rotatable bonds is 5. The van der Waals surface area contributed by atoms with Gasteiger partial charge in [0.15, 0.2) is 0 Å². The molecule has 0 aliphatic heterocycles. The maximum absolute atomic E-state index is 12.7. The first-order valence-electron chi connectivity index (χ1n) is 8.32. The van der Waals surface area contributed by atoms with Gasteiger partial charge in [0, 0.05) is 20.0 Å². The van der Waals surface area contributed by atoms with Crippen LogP contribution in [0.4, 0.5) is 0 Å². The second-order valence-corrected chi connectivity index (χ2v) is 6.19. The van der Waals surface area contributed by atoms with Crippen LogP contribution in [0.2, 0.25) is 0 Å². The summed E-state index contributed by atoms with van der Waals surface area (Å²) >= 11 is 0. The van der Waals surface area contributed by atoms with Crippen molar-refractivity contribution in [2.75, 3.05) is 7.05 Å². The molecule has 3 rings (SSSR count). The number of nitrogens with zero attached hydrogens (tertiary/aromatic N) is 3. The summed E-state index contributed by atoms with van der Waals surface area (Å²) in [5.41, 5.74) is 4.34. The van der Waals surface area contributed by atoms with Crippen LogP contribution in [0, 0.1) is 6.92 Å². The van der Waals surface area contributed by atoms with Crippen molar-refractivity contribution in [2.45, 2.75) is 33.4 Å². The predicted octanol–water partition coefficient (Wildman–Crippen LogP) is 3.57. The van der Waals surface area contributed by atoms with Crippen molar-refractivity contribution in [2.24, 2.45) is 0 Å². The van der Waals surface area contributed by atoms with E-state index in [0.29, 0.717) is 13.1 Å². The first-order valence-corrected chi connectivity index (χ1v) is 8.32. The van der Waals surface area contributed by atoms with E-state index < -0.39 is 0 Å². The number of benzene rings is 2. The van der Waals surface area contributed by atoms with E-state index >= 15 is 0 Å². The molecule has 0 radical (unpaired) electrons. The molecule has 0 saturated heterocycles. The summed E-state index contributed by atoms with van der Waals surface area (Å²) in [4.78, 5) is 19.1. The standard InChI is InChI=1S/C20H23N3O/c1-4-19-21-17-7-5-6-8-18(17)23(19)14-20(24)22(3)13-16-11-9-15(2)10-12-16/h5-12H,4,13-14H2,1-3H3. The van der Waals surface area contributed by atoms with Crippen LogP contribution in [-0.4, -0.2) is 27.4 Å². The monoisotopic (exact) mass is 321 g/mol. The second kappa shape index (κ2) is 6.87. The maximum atomic E-state index is 12.7. The minimum absolute atomic E-state index is 0.0911. The minimum Gasteiger partial charge on any atom is -0.340 e. The van der Waals surface area contributed by atoms with E-state index in [0.717, 1.165) is 28.8 Å². The number of imidazole rings is 1. The Labute approximate surface area is 142 Å². The van der Waals surface area contributed by atoms with E-state index in [2.05, 4.69) is 43.1 Å². The van der Waals surface area contributed by atoms with Gasteiger partial charge >= 0.3 is 0 Å². The SMILES string of the molecule is CCc1nc2ccccc2n1CC(=O)N(C)Cc1ccc(C)cc1. The van der Waals surface area contributed by atoms with E-state index in [1.54, 1.807) is 4.90 Å². The third-order valence-corrected chi connectivity index (χ3v) is 4.31. The van der Waals surface area contributed by atoms with Crippen LogP contribution in [0.15, 0.2) is 48.5 Å².